The van der Waals surface area contributed by atoms with E-state index in [1.807, 2.05) is 0 Å². The van der Waals surface area contributed by atoms with Gasteiger partial charge >= 0.3 is 18.3 Å². The highest BCUT2D eigenvalue weighted by Gasteiger charge is 2.39. The smallest absolute Gasteiger partial charge is 0.416 e. The first kappa shape index (κ1) is 22.2. The molecule has 1 aromatic rings. The summed E-state index contributed by atoms with van der Waals surface area (Å²) >= 11 is 0. The molecule has 0 aliphatic heterocycles. The van der Waals surface area contributed by atoms with Crippen molar-refractivity contribution in [1.82, 2.24) is 5.32 Å². The highest BCUT2D eigenvalue weighted by molar-refractivity contribution is 6.02. The van der Waals surface area contributed by atoms with Crippen LogP contribution < -0.4 is 5.32 Å². The number of nitrogens with one attached hydrogen (secondary N) is 1. The Labute approximate surface area is 157 Å². The monoisotopic (exact) mass is 411 g/mol. The minimum atomic E-state index is -5.07. The fraction of sp³-hybridized carbons (Fsp3) is 0.556. The molecule has 1 aliphatic rings. The van der Waals surface area contributed by atoms with E-state index < -0.39 is 52.8 Å². The number of ether oxygens (including phenoxy) is 1. The molecule has 1 fully saturated rings. The predicted octanol–water partition coefficient (Wildman–Crippen LogP) is 4.08. The van der Waals surface area contributed by atoms with Crippen molar-refractivity contribution in [1.29, 1.82) is 0 Å². The van der Waals surface area contributed by atoms with Crippen molar-refractivity contribution in [3.8, 4) is 0 Å². The third kappa shape index (κ3) is 5.46. The van der Waals surface area contributed by atoms with Gasteiger partial charge in [0.05, 0.1) is 30.2 Å². The van der Waals surface area contributed by atoms with Crippen LogP contribution >= 0.6 is 0 Å². The number of carbonyl (C=O) groups excluding carboxylic acids is 2. The number of benzene rings is 1. The Morgan fingerprint density at radius 3 is 1.96 bits per heavy atom. The third-order valence-electron chi connectivity index (χ3n) is 4.55. The lowest BCUT2D eigenvalue weighted by Crippen LogP contribution is -2.46. The number of esters is 1. The molecule has 0 saturated heterocycles. The molecule has 2 atom stereocenters. The van der Waals surface area contributed by atoms with Crippen molar-refractivity contribution in [3.05, 3.63) is 34.9 Å². The van der Waals surface area contributed by atoms with Gasteiger partial charge in [0.15, 0.2) is 5.78 Å². The van der Waals surface area contributed by atoms with Crippen LogP contribution in [0.15, 0.2) is 18.2 Å². The lowest BCUT2D eigenvalue weighted by molar-refractivity contribution is -0.146. The van der Waals surface area contributed by atoms with Gasteiger partial charge in [-0.3, -0.25) is 9.59 Å². The van der Waals surface area contributed by atoms with Gasteiger partial charge in [0, 0.05) is 5.56 Å². The zero-order chi connectivity index (χ0) is 21.3. The second kappa shape index (κ2) is 8.10. The predicted molar refractivity (Wildman–Crippen MR) is 86.5 cm³/mol. The third-order valence-corrected chi connectivity index (χ3v) is 4.55. The van der Waals surface area contributed by atoms with Crippen molar-refractivity contribution < 1.29 is 40.7 Å². The van der Waals surface area contributed by atoms with Crippen molar-refractivity contribution >= 4 is 11.8 Å². The largest absolute Gasteiger partial charge is 0.469 e. The molecule has 1 N–H and O–H groups in total. The van der Waals surface area contributed by atoms with Crippen LogP contribution in [0, 0.1) is 11.8 Å². The molecule has 0 aromatic heterocycles. The first-order chi connectivity index (χ1) is 12.8. The zero-order valence-corrected chi connectivity index (χ0v) is 15.1. The summed E-state index contributed by atoms with van der Waals surface area (Å²) in [5.41, 5.74) is -3.94. The Bertz CT molecular complexity index is 708. The van der Waals surface area contributed by atoms with Gasteiger partial charge in [-0.25, -0.2) is 0 Å². The Morgan fingerprint density at radius 1 is 1.07 bits per heavy atom. The topological polar surface area (TPSA) is 55.4 Å². The van der Waals surface area contributed by atoms with Crippen LogP contribution in [-0.2, 0) is 21.9 Å². The molecule has 4 nitrogen and oxygen atoms in total. The Balaban J connectivity index is 2.44. The first-order valence-electron chi connectivity index (χ1n) is 8.49. The fourth-order valence-corrected chi connectivity index (χ4v) is 2.71. The molecule has 1 saturated carbocycles. The summed E-state index contributed by atoms with van der Waals surface area (Å²) in [6, 6.07) is -0.619. The maximum absolute atomic E-state index is 13.0. The second-order valence-electron chi connectivity index (χ2n) is 6.80. The summed E-state index contributed by atoms with van der Waals surface area (Å²) < 4.78 is 82.8. The number of alkyl halides is 6. The zero-order valence-electron chi connectivity index (χ0n) is 15.1. The first-order valence-corrected chi connectivity index (χ1v) is 8.49. The lowest BCUT2D eigenvalue weighted by atomic mass is 9.91. The average Bonchev–Trinajstić information content (AvgIpc) is 3.43. The van der Waals surface area contributed by atoms with E-state index in [4.69, 9.17) is 0 Å². The van der Waals surface area contributed by atoms with Crippen molar-refractivity contribution in [2.75, 3.05) is 13.7 Å². The van der Waals surface area contributed by atoms with Crippen molar-refractivity contribution in [2.45, 2.75) is 38.2 Å². The quantitative estimate of drug-likeness (QED) is 0.417. The molecule has 156 valence electrons. The molecule has 2 unspecified atom stereocenters. The van der Waals surface area contributed by atoms with E-state index in [1.54, 1.807) is 0 Å². The minimum absolute atomic E-state index is 0.0485. The number of halogens is 6. The molecule has 28 heavy (non-hydrogen) atoms. The number of methoxy groups -OCH3 is 1. The number of ketones is 1. The molecule has 1 aromatic carbocycles. The van der Waals surface area contributed by atoms with E-state index in [0.29, 0.717) is 18.7 Å². The van der Waals surface area contributed by atoms with Gasteiger partial charge in [0.2, 0.25) is 0 Å². The number of Topliss-reactive ketones (excluding diaryl/α,β-unsaturated/α-hetero) is 1. The maximum Gasteiger partial charge on any atom is 0.416 e. The van der Waals surface area contributed by atoms with E-state index in [9.17, 15) is 35.9 Å². The summed E-state index contributed by atoms with van der Waals surface area (Å²) in [7, 11) is 1.08. The molecule has 10 heteroatoms. The van der Waals surface area contributed by atoms with E-state index in [-0.39, 0.29) is 12.0 Å². The Morgan fingerprint density at radius 2 is 1.57 bits per heavy atom. The van der Waals surface area contributed by atoms with Crippen LogP contribution in [0.2, 0.25) is 0 Å². The molecule has 0 spiro atoms. The number of hydrogen-bond donors (Lipinski definition) is 1. The van der Waals surface area contributed by atoms with Crippen LogP contribution in [-0.4, -0.2) is 31.4 Å². The standard InChI is InChI=1S/C18H19F6NO3/c1-9(16(27)28-2)14(25-8-10-3-4-10)15(26)11-5-12(17(19,20)21)7-13(6-11)18(22,23)24/h5-7,9-10,14,25H,3-4,8H2,1-2H3. The van der Waals surface area contributed by atoms with Crippen LogP contribution in [0.1, 0.15) is 41.3 Å². The molecule has 1 aliphatic carbocycles. The van der Waals surface area contributed by atoms with Crippen molar-refractivity contribution in [2.24, 2.45) is 11.8 Å². The molecule has 0 bridgehead atoms. The van der Waals surface area contributed by atoms with Crippen LogP contribution in [0.3, 0.4) is 0 Å². The van der Waals surface area contributed by atoms with Gasteiger partial charge in [-0.2, -0.15) is 26.3 Å². The van der Waals surface area contributed by atoms with Gasteiger partial charge in [-0.05, 0) is 50.4 Å². The van der Waals surface area contributed by atoms with Gasteiger partial charge < -0.3 is 10.1 Å². The SMILES string of the molecule is COC(=O)C(C)C(NCC1CC1)C(=O)c1cc(C(F)(F)F)cc(C(F)(F)F)c1. The summed E-state index contributed by atoms with van der Waals surface area (Å²) in [6.07, 6.45) is -8.35. The van der Waals surface area contributed by atoms with Gasteiger partial charge in [0.1, 0.15) is 0 Å². The summed E-state index contributed by atoms with van der Waals surface area (Å²) in [6.45, 7) is 1.65. The van der Waals surface area contributed by atoms with E-state index >= 15 is 0 Å². The minimum Gasteiger partial charge on any atom is -0.469 e. The average molecular weight is 411 g/mol. The van der Waals surface area contributed by atoms with Crippen LogP contribution in [0.5, 0.6) is 0 Å². The lowest BCUT2D eigenvalue weighted by Gasteiger charge is -2.23. The van der Waals surface area contributed by atoms with Gasteiger partial charge in [0.25, 0.3) is 0 Å². The summed E-state index contributed by atoms with van der Waals surface area (Å²) in [5, 5.41) is 2.80. The number of hydrogen-bond acceptors (Lipinski definition) is 4. The molecule has 0 radical (unpaired) electrons. The number of carbonyl (C=O) groups is 2. The van der Waals surface area contributed by atoms with E-state index in [2.05, 4.69) is 10.1 Å². The summed E-state index contributed by atoms with van der Waals surface area (Å²) in [5.74, 6) is -2.67. The molecule has 0 heterocycles. The van der Waals surface area contributed by atoms with E-state index in [0.717, 1.165) is 20.0 Å². The van der Waals surface area contributed by atoms with Crippen LogP contribution in [0.25, 0.3) is 0 Å². The van der Waals surface area contributed by atoms with Crippen molar-refractivity contribution in [3.63, 3.8) is 0 Å². The normalized spacial score (nSPS) is 17.1. The number of rotatable bonds is 7. The molecule has 0 amide bonds. The Hall–Kier alpha value is -2.10. The molecular weight excluding hydrogens is 392 g/mol. The fourth-order valence-electron chi connectivity index (χ4n) is 2.71. The second-order valence-corrected chi connectivity index (χ2v) is 6.80. The summed E-state index contributed by atoms with van der Waals surface area (Å²) in [4.78, 5) is 24.6. The van der Waals surface area contributed by atoms with Crippen LogP contribution in [0.4, 0.5) is 26.3 Å². The highest BCUT2D eigenvalue weighted by atomic mass is 19.4. The van der Waals surface area contributed by atoms with Gasteiger partial charge in [-0.15, -0.1) is 0 Å². The van der Waals surface area contributed by atoms with Gasteiger partial charge in [-0.1, -0.05) is 0 Å². The molecule has 2 rings (SSSR count). The van der Waals surface area contributed by atoms with E-state index in [1.165, 1.54) is 6.92 Å². The highest BCUT2D eigenvalue weighted by Crippen LogP contribution is 2.37. The maximum atomic E-state index is 13.0. The Kier molecular flexibility index (Phi) is 6.42. The molecular formula is C18H19F6NO3.